The Hall–Kier alpha value is -2.69. The molecule has 0 spiro atoms. The van der Waals surface area contributed by atoms with Gasteiger partial charge >= 0.3 is 0 Å². The van der Waals surface area contributed by atoms with E-state index >= 15 is 0 Å². The Kier molecular flexibility index (Phi) is 9.42. The second kappa shape index (κ2) is 11.8. The van der Waals surface area contributed by atoms with Crippen molar-refractivity contribution in [1.82, 2.24) is 9.62 Å². The first-order chi connectivity index (χ1) is 15.1. The predicted molar refractivity (Wildman–Crippen MR) is 124 cm³/mol. The second-order valence-electron chi connectivity index (χ2n) is 7.17. The summed E-state index contributed by atoms with van der Waals surface area (Å²) in [7, 11) is -5.30. The minimum atomic E-state index is -3.63. The summed E-state index contributed by atoms with van der Waals surface area (Å²) in [5.74, 6) is 0.249. The number of hydrogen-bond acceptors (Lipinski definition) is 6. The number of nitrogens with one attached hydrogen (secondary N) is 1. The molecule has 1 N–H and O–H groups in total. The third kappa shape index (κ3) is 9.21. The third-order valence-corrected chi connectivity index (χ3v) is 6.66. The van der Waals surface area contributed by atoms with E-state index < -0.39 is 19.9 Å². The van der Waals surface area contributed by atoms with Gasteiger partial charge in [0.25, 0.3) is 0 Å². The van der Waals surface area contributed by atoms with E-state index in [0.717, 1.165) is 17.2 Å². The van der Waals surface area contributed by atoms with E-state index in [-0.39, 0.29) is 23.8 Å². The smallest absolute Gasteiger partial charge is 0.233 e. The zero-order valence-electron chi connectivity index (χ0n) is 18.1. The molecule has 2 aromatic rings. The normalized spacial score (nSPS) is 12.1. The minimum absolute atomic E-state index is 0.000575. The summed E-state index contributed by atoms with van der Waals surface area (Å²) >= 11 is 0. The molecule has 32 heavy (non-hydrogen) atoms. The van der Waals surface area contributed by atoms with Gasteiger partial charge in [0.15, 0.2) is 9.84 Å². The van der Waals surface area contributed by atoms with E-state index in [2.05, 4.69) is 4.72 Å². The molecule has 10 heteroatoms. The summed E-state index contributed by atoms with van der Waals surface area (Å²) in [5.41, 5.74) is 0.763. The lowest BCUT2D eigenvalue weighted by Gasteiger charge is -2.17. The molecule has 0 atom stereocenters. The Morgan fingerprint density at radius 3 is 2.47 bits per heavy atom. The maximum absolute atomic E-state index is 12.2. The number of carbonyl (C=O) groups is 1. The van der Waals surface area contributed by atoms with Crippen molar-refractivity contribution in [2.75, 3.05) is 33.0 Å². The van der Waals surface area contributed by atoms with E-state index in [4.69, 9.17) is 4.74 Å². The molecule has 0 aromatic heterocycles. The van der Waals surface area contributed by atoms with Gasteiger partial charge in [0.1, 0.15) is 5.75 Å². The van der Waals surface area contributed by atoms with Crippen molar-refractivity contribution in [1.29, 1.82) is 0 Å². The van der Waals surface area contributed by atoms with Crippen LogP contribution in [0.5, 0.6) is 5.75 Å². The first kappa shape index (κ1) is 25.6. The number of sulfone groups is 1. The number of ether oxygens (including phenoxy) is 1. The van der Waals surface area contributed by atoms with Crippen LogP contribution in [0.15, 0.2) is 64.9 Å². The molecule has 0 aliphatic carbocycles. The fourth-order valence-electron chi connectivity index (χ4n) is 2.68. The number of benzene rings is 2. The highest BCUT2D eigenvalue weighted by Crippen LogP contribution is 2.17. The Balaban J connectivity index is 1.69. The molecule has 174 valence electrons. The van der Waals surface area contributed by atoms with Gasteiger partial charge in [-0.2, -0.15) is 0 Å². The van der Waals surface area contributed by atoms with E-state index in [9.17, 15) is 21.6 Å². The largest absolute Gasteiger partial charge is 0.493 e. The summed E-state index contributed by atoms with van der Waals surface area (Å²) in [4.78, 5) is 13.9. The van der Waals surface area contributed by atoms with Crippen molar-refractivity contribution >= 4 is 31.8 Å². The molecule has 0 saturated carbocycles. The van der Waals surface area contributed by atoms with Crippen molar-refractivity contribution in [2.24, 2.45) is 0 Å². The van der Waals surface area contributed by atoms with Gasteiger partial charge in [-0.05, 0) is 36.3 Å². The van der Waals surface area contributed by atoms with Crippen molar-refractivity contribution in [3.05, 3.63) is 65.6 Å². The minimum Gasteiger partial charge on any atom is -0.493 e. The maximum Gasteiger partial charge on any atom is 0.233 e. The zero-order chi connectivity index (χ0) is 23.6. The Morgan fingerprint density at radius 1 is 1.06 bits per heavy atom. The summed E-state index contributed by atoms with van der Waals surface area (Å²) in [6.07, 6.45) is 3.19. The molecule has 0 bridgehead atoms. The van der Waals surface area contributed by atoms with Crippen LogP contribution in [0.25, 0.3) is 6.08 Å². The molecule has 0 aliphatic heterocycles. The van der Waals surface area contributed by atoms with Gasteiger partial charge < -0.3 is 9.64 Å². The Morgan fingerprint density at radius 2 is 1.78 bits per heavy atom. The van der Waals surface area contributed by atoms with Gasteiger partial charge in [-0.1, -0.05) is 36.4 Å². The average molecular weight is 481 g/mol. The van der Waals surface area contributed by atoms with Gasteiger partial charge in [-0.25, -0.2) is 21.6 Å². The van der Waals surface area contributed by atoms with Crippen LogP contribution in [0.2, 0.25) is 0 Å². The van der Waals surface area contributed by atoms with Gasteiger partial charge in [-0.3, -0.25) is 4.79 Å². The van der Waals surface area contributed by atoms with E-state index in [1.54, 1.807) is 31.3 Å². The molecule has 0 saturated heterocycles. The van der Waals surface area contributed by atoms with E-state index in [1.807, 2.05) is 18.2 Å². The fourth-order valence-corrected chi connectivity index (χ4v) is 4.16. The third-order valence-electron chi connectivity index (χ3n) is 4.45. The fraction of sp³-hybridized carbons (Fsp3) is 0.318. The van der Waals surface area contributed by atoms with Gasteiger partial charge in [0.05, 0.1) is 11.5 Å². The zero-order valence-corrected chi connectivity index (χ0v) is 19.7. The van der Waals surface area contributed by atoms with Crippen molar-refractivity contribution < 1.29 is 26.4 Å². The van der Waals surface area contributed by atoms with Crippen LogP contribution in [-0.4, -0.2) is 60.6 Å². The van der Waals surface area contributed by atoms with Crippen LogP contribution in [0.4, 0.5) is 0 Å². The summed E-state index contributed by atoms with van der Waals surface area (Å²) in [5, 5.41) is 1.08. The monoisotopic (exact) mass is 480 g/mol. The van der Waals surface area contributed by atoms with Crippen LogP contribution in [0, 0.1) is 0 Å². The SMILES string of the molecule is CN(CCCOc1cccc(S(C)(=O)=O)c1)C(=O)CCNS(=O)(=O)/C=C/c1ccccc1. The maximum atomic E-state index is 12.2. The highest BCUT2D eigenvalue weighted by molar-refractivity contribution is 7.92. The Bertz CT molecular complexity index is 1130. The van der Waals surface area contributed by atoms with Crippen LogP contribution < -0.4 is 9.46 Å². The van der Waals surface area contributed by atoms with Crippen molar-refractivity contribution in [3.8, 4) is 5.75 Å². The number of amides is 1. The van der Waals surface area contributed by atoms with Gasteiger partial charge in [0, 0.05) is 38.2 Å². The lowest BCUT2D eigenvalue weighted by Crippen LogP contribution is -2.32. The summed E-state index contributed by atoms with van der Waals surface area (Å²) < 4.78 is 55.1. The molecule has 2 rings (SSSR count). The molecular formula is C22H28N2O6S2. The lowest BCUT2D eigenvalue weighted by molar-refractivity contribution is -0.129. The van der Waals surface area contributed by atoms with Crippen LogP contribution in [-0.2, 0) is 24.7 Å². The van der Waals surface area contributed by atoms with E-state index in [1.165, 1.54) is 23.1 Å². The highest BCUT2D eigenvalue weighted by Gasteiger charge is 2.11. The van der Waals surface area contributed by atoms with E-state index in [0.29, 0.717) is 25.3 Å². The molecule has 0 fully saturated rings. The molecule has 0 unspecified atom stereocenters. The molecule has 1 amide bonds. The van der Waals surface area contributed by atoms with Crippen molar-refractivity contribution in [3.63, 3.8) is 0 Å². The van der Waals surface area contributed by atoms with Crippen molar-refractivity contribution in [2.45, 2.75) is 17.7 Å². The second-order valence-corrected chi connectivity index (χ2v) is 10.8. The van der Waals surface area contributed by atoms with Gasteiger partial charge in [0.2, 0.25) is 15.9 Å². The molecule has 0 heterocycles. The van der Waals surface area contributed by atoms with Crippen LogP contribution >= 0.6 is 0 Å². The summed E-state index contributed by atoms with van der Waals surface area (Å²) in [6.45, 7) is 0.729. The highest BCUT2D eigenvalue weighted by atomic mass is 32.2. The summed E-state index contributed by atoms with van der Waals surface area (Å²) in [6, 6.07) is 15.3. The number of nitrogens with zero attached hydrogens (tertiary/aromatic N) is 1. The van der Waals surface area contributed by atoms with Gasteiger partial charge in [-0.15, -0.1) is 0 Å². The Labute approximate surface area is 189 Å². The molecule has 0 aliphatic rings. The topological polar surface area (TPSA) is 110 Å². The predicted octanol–water partition coefficient (Wildman–Crippen LogP) is 2.30. The average Bonchev–Trinajstić information content (AvgIpc) is 2.75. The number of carbonyl (C=O) groups excluding carboxylic acids is 1. The molecular weight excluding hydrogens is 452 g/mol. The molecule has 2 aromatic carbocycles. The first-order valence-corrected chi connectivity index (χ1v) is 13.4. The quantitative estimate of drug-likeness (QED) is 0.467. The standard InChI is InChI=1S/C22H28N2O6S2/c1-24(15-7-16-30-20-10-6-11-21(18-20)31(2,26)27)22(25)12-14-23-32(28,29)17-13-19-8-4-3-5-9-19/h3-6,8-11,13,17-18,23H,7,12,14-16H2,1-2H3/b17-13+. The van der Waals surface area contributed by atoms with Crippen LogP contribution in [0.1, 0.15) is 18.4 Å². The number of hydrogen-bond donors (Lipinski definition) is 1. The van der Waals surface area contributed by atoms with Crippen LogP contribution in [0.3, 0.4) is 0 Å². The number of rotatable bonds is 12. The first-order valence-electron chi connectivity index (χ1n) is 9.96. The molecule has 0 radical (unpaired) electrons. The number of sulfonamides is 1. The molecule has 8 nitrogen and oxygen atoms in total. The lowest BCUT2D eigenvalue weighted by atomic mass is 10.2.